The van der Waals surface area contributed by atoms with Gasteiger partial charge in [-0.3, -0.25) is 14.4 Å². The van der Waals surface area contributed by atoms with E-state index >= 15 is 0 Å². The topological polar surface area (TPSA) is 80.7 Å². The van der Waals surface area contributed by atoms with E-state index in [1.807, 2.05) is 6.08 Å². The molecule has 0 aromatic heterocycles. The van der Waals surface area contributed by atoms with Crippen molar-refractivity contribution in [3.05, 3.63) is 11.6 Å². The van der Waals surface area contributed by atoms with E-state index in [9.17, 15) is 19.5 Å². The van der Waals surface area contributed by atoms with Gasteiger partial charge in [-0.1, -0.05) is 26.3 Å². The van der Waals surface area contributed by atoms with Crippen LogP contribution >= 0.6 is 0 Å². The molecule has 0 heterocycles. The molecule has 4 rings (SSSR count). The Morgan fingerprint density at radius 2 is 1.83 bits per heavy atom. The van der Waals surface area contributed by atoms with E-state index in [4.69, 9.17) is 4.74 Å². The molecule has 6 atom stereocenters. The minimum Gasteiger partial charge on any atom is -0.450 e. The van der Waals surface area contributed by atoms with E-state index < -0.39 is 17.6 Å². The van der Waals surface area contributed by atoms with Crippen molar-refractivity contribution < 1.29 is 24.2 Å². The van der Waals surface area contributed by atoms with Crippen molar-refractivity contribution >= 4 is 17.5 Å². The first-order valence-corrected chi connectivity index (χ1v) is 11.3. The smallest absolute Gasteiger partial charge is 0.306 e. The fourth-order valence-electron chi connectivity index (χ4n) is 7.63. The fourth-order valence-corrected chi connectivity index (χ4v) is 7.63. The summed E-state index contributed by atoms with van der Waals surface area (Å²) >= 11 is 0. The van der Waals surface area contributed by atoms with E-state index in [0.717, 1.165) is 38.5 Å². The van der Waals surface area contributed by atoms with Gasteiger partial charge in [0.25, 0.3) is 0 Å². The molecule has 4 aliphatic carbocycles. The van der Waals surface area contributed by atoms with Gasteiger partial charge in [0, 0.05) is 18.3 Å². The van der Waals surface area contributed by atoms with Gasteiger partial charge in [0.2, 0.25) is 5.78 Å². The molecule has 0 bridgehead atoms. The number of ketones is 2. The maximum atomic E-state index is 13.0. The van der Waals surface area contributed by atoms with Crippen LogP contribution in [0.5, 0.6) is 0 Å². The highest BCUT2D eigenvalue weighted by atomic mass is 16.6. The first kappa shape index (κ1) is 20.8. The van der Waals surface area contributed by atoms with Crippen molar-refractivity contribution in [2.45, 2.75) is 84.2 Å². The summed E-state index contributed by atoms with van der Waals surface area (Å²) in [7, 11) is 0. The van der Waals surface area contributed by atoms with Crippen molar-refractivity contribution in [2.75, 3.05) is 6.61 Å². The third kappa shape index (κ3) is 2.79. The van der Waals surface area contributed by atoms with Crippen molar-refractivity contribution in [3.63, 3.8) is 0 Å². The zero-order valence-electron chi connectivity index (χ0n) is 18.0. The SMILES string of the molecule is CCC(=O)O[C@]1(C(=O)CO)CC[C@H]2[C@@H]3CCC4=CC(=O)CC[C@@]4(C)C3CC[C@@]21C. The Balaban J connectivity index is 1.69. The summed E-state index contributed by atoms with van der Waals surface area (Å²) in [5.41, 5.74) is -0.221. The minimum absolute atomic E-state index is 0.0739. The Morgan fingerprint density at radius 1 is 1.10 bits per heavy atom. The van der Waals surface area contributed by atoms with Gasteiger partial charge in [-0.2, -0.15) is 0 Å². The van der Waals surface area contributed by atoms with Crippen LogP contribution < -0.4 is 0 Å². The van der Waals surface area contributed by atoms with Crippen LogP contribution in [0.1, 0.15) is 78.6 Å². The van der Waals surface area contributed by atoms with Gasteiger partial charge in [0.05, 0.1) is 0 Å². The quantitative estimate of drug-likeness (QED) is 0.724. The lowest BCUT2D eigenvalue weighted by Crippen LogP contribution is -2.59. The molecular weight excluding hydrogens is 368 g/mol. The molecule has 1 N–H and O–H groups in total. The maximum Gasteiger partial charge on any atom is 0.306 e. The van der Waals surface area contributed by atoms with Gasteiger partial charge >= 0.3 is 5.97 Å². The molecule has 0 radical (unpaired) electrons. The summed E-state index contributed by atoms with van der Waals surface area (Å²) in [6.45, 7) is 5.61. The average Bonchev–Trinajstić information content (AvgIpc) is 3.01. The van der Waals surface area contributed by atoms with E-state index in [-0.39, 0.29) is 29.4 Å². The van der Waals surface area contributed by atoms with Gasteiger partial charge in [0.15, 0.2) is 11.4 Å². The van der Waals surface area contributed by atoms with Crippen LogP contribution in [0.3, 0.4) is 0 Å². The number of aliphatic hydroxyl groups is 1. The lowest BCUT2D eigenvalue weighted by atomic mass is 9.46. The highest BCUT2D eigenvalue weighted by Crippen LogP contribution is 2.68. The number of carbonyl (C=O) groups is 3. The number of rotatable bonds is 4. The second kappa shape index (κ2) is 7.04. The van der Waals surface area contributed by atoms with Gasteiger partial charge in [-0.25, -0.2) is 0 Å². The number of hydrogen-bond donors (Lipinski definition) is 1. The van der Waals surface area contributed by atoms with E-state index in [0.29, 0.717) is 30.6 Å². The summed E-state index contributed by atoms with van der Waals surface area (Å²) in [6.07, 6.45) is 8.84. The highest BCUT2D eigenvalue weighted by molar-refractivity contribution is 5.92. The Hall–Kier alpha value is -1.49. The Morgan fingerprint density at radius 3 is 2.52 bits per heavy atom. The molecular formula is C24H34O5. The van der Waals surface area contributed by atoms with Crippen molar-refractivity contribution in [2.24, 2.45) is 28.6 Å². The molecule has 0 aromatic carbocycles. The molecule has 29 heavy (non-hydrogen) atoms. The van der Waals surface area contributed by atoms with Gasteiger partial charge in [-0.15, -0.1) is 0 Å². The zero-order chi connectivity index (χ0) is 21.0. The van der Waals surface area contributed by atoms with Crippen molar-refractivity contribution in [1.82, 2.24) is 0 Å². The average molecular weight is 403 g/mol. The number of hydrogen-bond acceptors (Lipinski definition) is 5. The molecule has 0 amide bonds. The van der Waals surface area contributed by atoms with Crippen LogP contribution in [0.2, 0.25) is 0 Å². The third-order valence-corrected chi connectivity index (χ3v) is 9.25. The maximum absolute atomic E-state index is 13.0. The molecule has 3 saturated carbocycles. The second-order valence-corrected chi connectivity index (χ2v) is 10.2. The Bertz CT molecular complexity index is 769. The first-order valence-electron chi connectivity index (χ1n) is 11.3. The van der Waals surface area contributed by atoms with Crippen LogP contribution in [0.4, 0.5) is 0 Å². The molecule has 0 aliphatic heterocycles. The molecule has 3 fully saturated rings. The molecule has 1 unspecified atom stereocenters. The van der Waals surface area contributed by atoms with E-state index in [1.165, 1.54) is 5.57 Å². The summed E-state index contributed by atoms with van der Waals surface area (Å²) in [4.78, 5) is 37.2. The lowest BCUT2D eigenvalue weighted by Gasteiger charge is -2.59. The summed E-state index contributed by atoms with van der Waals surface area (Å²) in [5.74, 6) is 0.846. The number of aliphatic hydroxyl groups excluding tert-OH is 1. The molecule has 0 saturated heterocycles. The normalized spacial score (nSPS) is 43.7. The summed E-state index contributed by atoms with van der Waals surface area (Å²) in [6, 6.07) is 0. The van der Waals surface area contributed by atoms with Gasteiger partial charge in [-0.05, 0) is 74.2 Å². The number of ether oxygens (including phenoxy) is 1. The van der Waals surface area contributed by atoms with Crippen LogP contribution in [-0.2, 0) is 19.1 Å². The molecule has 0 aromatic rings. The lowest BCUT2D eigenvalue weighted by molar-refractivity contribution is -0.191. The minimum atomic E-state index is -1.19. The second-order valence-electron chi connectivity index (χ2n) is 10.2. The van der Waals surface area contributed by atoms with Crippen LogP contribution in [-0.4, -0.2) is 34.9 Å². The number of Topliss-reactive ketones (excluding diaryl/α,β-unsaturated/α-hetero) is 1. The van der Waals surface area contributed by atoms with E-state index in [2.05, 4.69) is 13.8 Å². The predicted octanol–water partition coefficient (Wildman–Crippen LogP) is 3.77. The summed E-state index contributed by atoms with van der Waals surface area (Å²) < 4.78 is 5.89. The fraction of sp³-hybridized carbons (Fsp3) is 0.792. The molecule has 160 valence electrons. The monoisotopic (exact) mass is 402 g/mol. The van der Waals surface area contributed by atoms with Crippen LogP contribution in [0, 0.1) is 28.6 Å². The standard InChI is InChI=1S/C24H34O5/c1-4-21(28)29-24(20(27)14-25)12-9-19-17-6-5-15-13-16(26)7-10-22(15,2)18(17)8-11-23(19,24)3/h13,17-19,25H,4-12,14H2,1-3H3/t17-,18?,19+,22-,23+,24+/m1/s1. The van der Waals surface area contributed by atoms with Gasteiger partial charge < -0.3 is 9.84 Å². The summed E-state index contributed by atoms with van der Waals surface area (Å²) in [5, 5.41) is 9.72. The van der Waals surface area contributed by atoms with Crippen LogP contribution in [0.25, 0.3) is 0 Å². The Labute approximate surface area is 173 Å². The number of esters is 1. The van der Waals surface area contributed by atoms with Crippen molar-refractivity contribution in [1.29, 1.82) is 0 Å². The largest absolute Gasteiger partial charge is 0.450 e. The molecule has 0 spiro atoms. The number of fused-ring (bicyclic) bond motifs is 5. The van der Waals surface area contributed by atoms with Crippen LogP contribution in [0.15, 0.2) is 11.6 Å². The number of allylic oxidation sites excluding steroid dienone is 1. The zero-order valence-corrected chi connectivity index (χ0v) is 18.0. The molecule has 4 aliphatic rings. The van der Waals surface area contributed by atoms with E-state index in [1.54, 1.807) is 6.92 Å². The Kier molecular flexibility index (Phi) is 5.04. The highest BCUT2D eigenvalue weighted by Gasteiger charge is 2.68. The van der Waals surface area contributed by atoms with Gasteiger partial charge in [0.1, 0.15) is 6.61 Å². The third-order valence-electron chi connectivity index (χ3n) is 9.25. The van der Waals surface area contributed by atoms with Crippen molar-refractivity contribution in [3.8, 4) is 0 Å². The molecule has 5 nitrogen and oxygen atoms in total. The predicted molar refractivity (Wildman–Crippen MR) is 108 cm³/mol. The number of carbonyl (C=O) groups excluding carboxylic acids is 3. The molecule has 5 heteroatoms. The first-order chi connectivity index (χ1) is 13.7.